The molecule has 0 aromatic rings. The van der Waals surface area contributed by atoms with Gasteiger partial charge in [0, 0.05) is 12.6 Å². The molecule has 0 aromatic heterocycles. The summed E-state index contributed by atoms with van der Waals surface area (Å²) in [6.07, 6.45) is 5.32. The van der Waals surface area contributed by atoms with E-state index in [1.54, 1.807) is 0 Å². The van der Waals surface area contributed by atoms with Crippen molar-refractivity contribution in [2.75, 3.05) is 6.54 Å². The smallest absolute Gasteiger partial charge is 0.234 e. The summed E-state index contributed by atoms with van der Waals surface area (Å²) in [6, 6.07) is 0.607. The number of likely N-dealkylation sites (tertiary alicyclic amines) is 1. The second-order valence-electron chi connectivity index (χ2n) is 4.39. The Bertz CT molecular complexity index is 217. The Kier molecular flexibility index (Phi) is 2.28. The highest BCUT2D eigenvalue weighted by Gasteiger charge is 2.43. The maximum absolute atomic E-state index is 11.0. The quantitative estimate of drug-likeness (QED) is 0.684. The lowest BCUT2D eigenvalue weighted by Gasteiger charge is -2.52. The molecule has 0 bridgehead atoms. The third-order valence-corrected chi connectivity index (χ3v) is 3.65. The molecule has 2 N–H and O–H groups in total. The van der Waals surface area contributed by atoms with Gasteiger partial charge < -0.3 is 5.73 Å². The molecule has 1 amide bonds. The van der Waals surface area contributed by atoms with Crippen molar-refractivity contribution in [1.29, 1.82) is 0 Å². The number of fused-ring (bicyclic) bond motifs is 1. The van der Waals surface area contributed by atoms with Crippen molar-refractivity contribution in [1.82, 2.24) is 4.90 Å². The van der Waals surface area contributed by atoms with E-state index in [1.807, 2.05) is 6.92 Å². The molecule has 0 spiro atoms. The van der Waals surface area contributed by atoms with Gasteiger partial charge >= 0.3 is 0 Å². The zero-order valence-electron chi connectivity index (χ0n) is 8.20. The number of nitrogens with zero attached hydrogens (tertiary/aromatic N) is 1. The molecule has 1 aliphatic carbocycles. The van der Waals surface area contributed by atoms with Crippen LogP contribution in [0.4, 0.5) is 0 Å². The summed E-state index contributed by atoms with van der Waals surface area (Å²) < 4.78 is 0. The maximum atomic E-state index is 11.0. The molecule has 3 nitrogen and oxygen atoms in total. The first kappa shape index (κ1) is 9.00. The molecular weight excluding hydrogens is 164 g/mol. The summed E-state index contributed by atoms with van der Waals surface area (Å²) in [5.74, 6) is 0.680. The molecular formula is C10H18N2O. The van der Waals surface area contributed by atoms with E-state index in [1.165, 1.54) is 25.7 Å². The van der Waals surface area contributed by atoms with E-state index in [0.717, 1.165) is 12.5 Å². The standard InChI is InChI=1S/C10H18N2O/c1-7(10(11)13)12-6-8-4-2-3-5-9(8)12/h7-9H,2-6H2,1H3,(H2,11,13)/t7?,8-,9-/m1/s1. The highest BCUT2D eigenvalue weighted by molar-refractivity contribution is 5.79. The summed E-state index contributed by atoms with van der Waals surface area (Å²) >= 11 is 0. The largest absolute Gasteiger partial charge is 0.368 e. The van der Waals surface area contributed by atoms with E-state index in [0.29, 0.717) is 6.04 Å². The molecule has 1 heterocycles. The number of primary amides is 1. The Balaban J connectivity index is 1.93. The Morgan fingerprint density at radius 3 is 2.77 bits per heavy atom. The van der Waals surface area contributed by atoms with Crippen molar-refractivity contribution in [3.63, 3.8) is 0 Å². The van der Waals surface area contributed by atoms with Gasteiger partial charge in [-0.2, -0.15) is 0 Å². The summed E-state index contributed by atoms with van der Waals surface area (Å²) in [7, 11) is 0. The van der Waals surface area contributed by atoms with Crippen LogP contribution in [-0.2, 0) is 4.79 Å². The molecule has 2 aliphatic rings. The van der Waals surface area contributed by atoms with Gasteiger partial charge in [0.1, 0.15) is 0 Å². The number of carbonyl (C=O) groups is 1. The van der Waals surface area contributed by atoms with Gasteiger partial charge in [-0.3, -0.25) is 9.69 Å². The van der Waals surface area contributed by atoms with Crippen molar-refractivity contribution in [3.05, 3.63) is 0 Å². The van der Waals surface area contributed by atoms with Crippen LogP contribution in [-0.4, -0.2) is 29.4 Å². The predicted molar refractivity (Wildman–Crippen MR) is 51.1 cm³/mol. The SMILES string of the molecule is CC(C(N)=O)N1C[C@H]2CCCC[C@H]21. The van der Waals surface area contributed by atoms with Gasteiger partial charge in [-0.1, -0.05) is 12.8 Å². The lowest BCUT2D eigenvalue weighted by molar-refractivity contribution is -0.130. The van der Waals surface area contributed by atoms with Crippen LogP contribution < -0.4 is 5.73 Å². The first-order chi connectivity index (χ1) is 6.20. The summed E-state index contributed by atoms with van der Waals surface area (Å²) in [6.45, 7) is 3.02. The van der Waals surface area contributed by atoms with Crippen LogP contribution in [0.3, 0.4) is 0 Å². The molecule has 1 saturated carbocycles. The van der Waals surface area contributed by atoms with Gasteiger partial charge in [-0.15, -0.1) is 0 Å². The molecule has 3 heteroatoms. The van der Waals surface area contributed by atoms with Gasteiger partial charge in [0.15, 0.2) is 0 Å². The Hall–Kier alpha value is -0.570. The van der Waals surface area contributed by atoms with Crippen molar-refractivity contribution < 1.29 is 4.79 Å². The number of hydrogen-bond donors (Lipinski definition) is 1. The third-order valence-electron chi connectivity index (χ3n) is 3.65. The minimum atomic E-state index is -0.177. The minimum Gasteiger partial charge on any atom is -0.368 e. The van der Waals surface area contributed by atoms with Crippen LogP contribution in [0.25, 0.3) is 0 Å². The average Bonchev–Trinajstić information content (AvgIpc) is 2.06. The van der Waals surface area contributed by atoms with E-state index in [4.69, 9.17) is 5.73 Å². The van der Waals surface area contributed by atoms with Gasteiger partial charge in [0.25, 0.3) is 0 Å². The zero-order valence-corrected chi connectivity index (χ0v) is 8.20. The lowest BCUT2D eigenvalue weighted by Crippen LogP contribution is -2.63. The molecule has 1 aliphatic heterocycles. The van der Waals surface area contributed by atoms with Crippen LogP contribution in [0, 0.1) is 5.92 Å². The van der Waals surface area contributed by atoms with Gasteiger partial charge in [0.2, 0.25) is 5.91 Å². The normalized spacial score (nSPS) is 36.1. The van der Waals surface area contributed by atoms with Crippen LogP contribution in [0.5, 0.6) is 0 Å². The van der Waals surface area contributed by atoms with E-state index < -0.39 is 0 Å². The van der Waals surface area contributed by atoms with Gasteiger partial charge in [-0.05, 0) is 25.7 Å². The Labute approximate surface area is 79.3 Å². The fourth-order valence-electron chi connectivity index (χ4n) is 2.71. The Morgan fingerprint density at radius 1 is 1.46 bits per heavy atom. The molecule has 3 atom stereocenters. The first-order valence-electron chi connectivity index (χ1n) is 5.25. The van der Waals surface area contributed by atoms with E-state index in [9.17, 15) is 4.79 Å². The van der Waals surface area contributed by atoms with Crippen molar-refractivity contribution >= 4 is 5.91 Å². The fourth-order valence-corrected chi connectivity index (χ4v) is 2.71. The predicted octanol–water partition coefficient (Wildman–Crippen LogP) is 0.735. The molecule has 1 unspecified atom stereocenters. The number of amides is 1. The summed E-state index contributed by atoms with van der Waals surface area (Å²) in [5, 5.41) is 0. The molecule has 0 radical (unpaired) electrons. The van der Waals surface area contributed by atoms with Crippen molar-refractivity contribution in [2.24, 2.45) is 11.7 Å². The maximum Gasteiger partial charge on any atom is 0.234 e. The third kappa shape index (κ3) is 1.46. The van der Waals surface area contributed by atoms with E-state index in [-0.39, 0.29) is 11.9 Å². The molecule has 1 saturated heterocycles. The average molecular weight is 182 g/mol. The number of rotatable bonds is 2. The lowest BCUT2D eigenvalue weighted by atomic mass is 9.76. The van der Waals surface area contributed by atoms with Crippen LogP contribution in [0.2, 0.25) is 0 Å². The number of carbonyl (C=O) groups excluding carboxylic acids is 1. The first-order valence-corrected chi connectivity index (χ1v) is 5.25. The number of hydrogen-bond acceptors (Lipinski definition) is 2. The Morgan fingerprint density at radius 2 is 2.15 bits per heavy atom. The fraction of sp³-hybridized carbons (Fsp3) is 0.900. The second-order valence-corrected chi connectivity index (χ2v) is 4.39. The topological polar surface area (TPSA) is 46.3 Å². The molecule has 2 fully saturated rings. The van der Waals surface area contributed by atoms with E-state index in [2.05, 4.69) is 4.90 Å². The monoisotopic (exact) mass is 182 g/mol. The van der Waals surface area contributed by atoms with Crippen LogP contribution in [0.15, 0.2) is 0 Å². The highest BCUT2D eigenvalue weighted by Crippen LogP contribution is 2.38. The molecule has 13 heavy (non-hydrogen) atoms. The summed E-state index contributed by atoms with van der Waals surface area (Å²) in [4.78, 5) is 13.3. The molecule has 74 valence electrons. The van der Waals surface area contributed by atoms with Crippen LogP contribution in [0.1, 0.15) is 32.6 Å². The van der Waals surface area contributed by atoms with Gasteiger partial charge in [0.05, 0.1) is 6.04 Å². The highest BCUT2D eigenvalue weighted by atomic mass is 16.1. The van der Waals surface area contributed by atoms with Gasteiger partial charge in [-0.25, -0.2) is 0 Å². The molecule has 2 rings (SSSR count). The van der Waals surface area contributed by atoms with Crippen molar-refractivity contribution in [2.45, 2.75) is 44.7 Å². The second kappa shape index (κ2) is 3.29. The summed E-state index contributed by atoms with van der Waals surface area (Å²) in [5.41, 5.74) is 5.29. The number of nitrogens with two attached hydrogens (primary N) is 1. The zero-order chi connectivity index (χ0) is 9.42. The van der Waals surface area contributed by atoms with E-state index >= 15 is 0 Å². The van der Waals surface area contributed by atoms with Crippen molar-refractivity contribution in [3.8, 4) is 0 Å². The molecule has 0 aromatic carbocycles. The minimum absolute atomic E-state index is 0.0562. The van der Waals surface area contributed by atoms with Crippen LogP contribution >= 0.6 is 0 Å².